The van der Waals surface area contributed by atoms with Crippen LogP contribution in [-0.4, -0.2) is 51.9 Å². The van der Waals surface area contributed by atoms with Gasteiger partial charge in [-0.1, -0.05) is 13.8 Å². The van der Waals surface area contributed by atoms with Crippen molar-refractivity contribution in [3.05, 3.63) is 0 Å². The summed E-state index contributed by atoms with van der Waals surface area (Å²) < 4.78 is 0. The molecule has 126 valence electrons. The minimum Gasteiger partial charge on any atom is -0.336 e. The first-order chi connectivity index (χ1) is 10.7. The molecule has 8 heteroatoms. The summed E-state index contributed by atoms with van der Waals surface area (Å²) in [6.07, 6.45) is 1.17. The van der Waals surface area contributed by atoms with E-state index in [2.05, 4.69) is 16.7 Å². The molecule has 4 amide bonds. The zero-order chi connectivity index (χ0) is 17.3. The van der Waals surface area contributed by atoms with Gasteiger partial charge in [0.2, 0.25) is 5.91 Å². The number of nitrogens with one attached hydrogen (secondary N) is 2. The maximum absolute atomic E-state index is 12.6. The fourth-order valence-corrected chi connectivity index (χ4v) is 3.84. The number of hydrogen-bond donors (Lipinski definition) is 2. The average molecular weight is 338 g/mol. The number of amides is 4. The van der Waals surface area contributed by atoms with E-state index < -0.39 is 23.0 Å². The van der Waals surface area contributed by atoms with Crippen molar-refractivity contribution >= 4 is 29.6 Å². The molecule has 0 unspecified atom stereocenters. The average Bonchev–Trinajstić information content (AvgIpc) is 2.72. The lowest BCUT2D eigenvalue weighted by Crippen LogP contribution is -2.53. The van der Waals surface area contributed by atoms with Crippen molar-refractivity contribution in [2.45, 2.75) is 44.7 Å². The van der Waals surface area contributed by atoms with Crippen molar-refractivity contribution < 1.29 is 14.4 Å². The van der Waals surface area contributed by atoms with E-state index in [1.54, 1.807) is 18.7 Å². The number of rotatable bonds is 4. The Labute approximate surface area is 140 Å². The van der Waals surface area contributed by atoms with Crippen LogP contribution in [0.2, 0.25) is 0 Å². The molecule has 2 fully saturated rings. The van der Waals surface area contributed by atoms with Crippen LogP contribution in [0.15, 0.2) is 0 Å². The predicted octanol–water partition coefficient (Wildman–Crippen LogP) is 0.858. The number of carbonyl (C=O) groups is 3. The van der Waals surface area contributed by atoms with Crippen molar-refractivity contribution in [1.82, 2.24) is 15.5 Å². The van der Waals surface area contributed by atoms with Gasteiger partial charge in [0.15, 0.2) is 0 Å². The third-order valence-electron chi connectivity index (χ3n) is 4.68. The first-order valence-electron chi connectivity index (χ1n) is 7.68. The Morgan fingerprint density at radius 1 is 1.48 bits per heavy atom. The molecule has 2 aliphatic rings. The van der Waals surface area contributed by atoms with Crippen LogP contribution in [-0.2, 0) is 9.59 Å². The van der Waals surface area contributed by atoms with Gasteiger partial charge in [-0.2, -0.15) is 17.0 Å². The highest BCUT2D eigenvalue weighted by molar-refractivity contribution is 7.99. The van der Waals surface area contributed by atoms with E-state index in [0.29, 0.717) is 12.8 Å². The van der Waals surface area contributed by atoms with Crippen LogP contribution < -0.4 is 10.6 Å². The normalized spacial score (nSPS) is 22.7. The van der Waals surface area contributed by atoms with Crippen LogP contribution in [0.1, 0.15) is 33.6 Å². The summed E-state index contributed by atoms with van der Waals surface area (Å²) in [6.45, 7) is 4.92. The summed E-state index contributed by atoms with van der Waals surface area (Å²) in [6, 6.07) is 1.55. The number of nitrogens with zero attached hydrogens (tertiary/aromatic N) is 2. The molecule has 23 heavy (non-hydrogen) atoms. The van der Waals surface area contributed by atoms with Crippen LogP contribution in [0.5, 0.6) is 0 Å². The molecule has 2 heterocycles. The second-order valence-electron chi connectivity index (χ2n) is 6.53. The molecule has 7 nitrogen and oxygen atoms in total. The van der Waals surface area contributed by atoms with Gasteiger partial charge < -0.3 is 10.6 Å². The summed E-state index contributed by atoms with van der Waals surface area (Å²) in [4.78, 5) is 37.9. The van der Waals surface area contributed by atoms with Gasteiger partial charge in [-0.15, -0.1) is 0 Å². The minimum absolute atomic E-state index is 0.0960. The summed E-state index contributed by atoms with van der Waals surface area (Å²) in [7, 11) is 0. The monoisotopic (exact) mass is 338 g/mol. The number of carbonyl (C=O) groups excluding carboxylic acids is 3. The molecule has 2 saturated heterocycles. The van der Waals surface area contributed by atoms with Crippen LogP contribution in [0, 0.1) is 17.2 Å². The van der Waals surface area contributed by atoms with Gasteiger partial charge in [-0.25, -0.2) is 4.79 Å². The fraction of sp³-hybridized carbons (Fsp3) is 0.733. The van der Waals surface area contributed by atoms with E-state index in [0.717, 1.165) is 16.4 Å². The second-order valence-corrected chi connectivity index (χ2v) is 7.76. The highest BCUT2D eigenvalue weighted by Crippen LogP contribution is 2.32. The minimum atomic E-state index is -1.03. The molecule has 2 N–H and O–H groups in total. The van der Waals surface area contributed by atoms with Crippen molar-refractivity contribution in [1.29, 1.82) is 5.26 Å². The zero-order valence-corrected chi connectivity index (χ0v) is 14.5. The van der Waals surface area contributed by atoms with Gasteiger partial charge in [0.25, 0.3) is 5.91 Å². The topological polar surface area (TPSA) is 102 Å². The largest absolute Gasteiger partial charge is 0.336 e. The maximum Gasteiger partial charge on any atom is 0.325 e. The Balaban J connectivity index is 2.05. The molecule has 1 spiro atoms. The summed E-state index contributed by atoms with van der Waals surface area (Å²) >= 11 is 1.75. The highest BCUT2D eigenvalue weighted by atomic mass is 32.2. The van der Waals surface area contributed by atoms with E-state index >= 15 is 0 Å². The first kappa shape index (κ1) is 17.6. The van der Waals surface area contributed by atoms with Gasteiger partial charge in [0.1, 0.15) is 17.6 Å². The van der Waals surface area contributed by atoms with E-state index in [4.69, 9.17) is 0 Å². The molecule has 0 saturated carbocycles. The lowest BCUT2D eigenvalue weighted by atomic mass is 9.90. The molecule has 2 aliphatic heterocycles. The number of thioether (sulfide) groups is 1. The lowest BCUT2D eigenvalue weighted by Gasteiger charge is -2.30. The van der Waals surface area contributed by atoms with Gasteiger partial charge in [0, 0.05) is 0 Å². The molecule has 0 aromatic rings. The second kappa shape index (κ2) is 6.40. The Kier molecular flexibility index (Phi) is 4.90. The third kappa shape index (κ3) is 3.29. The Bertz CT molecular complexity index is 566. The van der Waals surface area contributed by atoms with Gasteiger partial charge >= 0.3 is 6.03 Å². The van der Waals surface area contributed by atoms with E-state index in [1.807, 2.05) is 13.8 Å². The third-order valence-corrected chi connectivity index (χ3v) is 5.67. The summed E-state index contributed by atoms with van der Waals surface area (Å²) in [5.74, 6) is 0.688. The summed E-state index contributed by atoms with van der Waals surface area (Å²) in [5, 5.41) is 14.6. The van der Waals surface area contributed by atoms with E-state index in [1.165, 1.54) is 0 Å². The number of urea groups is 1. The van der Waals surface area contributed by atoms with Crippen molar-refractivity contribution in [2.75, 3.05) is 18.1 Å². The molecule has 1 atom stereocenters. The van der Waals surface area contributed by atoms with E-state index in [-0.39, 0.29) is 18.4 Å². The van der Waals surface area contributed by atoms with Crippen molar-refractivity contribution in [3.8, 4) is 6.07 Å². The van der Waals surface area contributed by atoms with Gasteiger partial charge in [-0.3, -0.25) is 14.5 Å². The van der Waals surface area contributed by atoms with Crippen molar-refractivity contribution in [3.63, 3.8) is 0 Å². The standard InChI is InChI=1S/C15H22N4O3S/c1-10(2)14(3,9-16)17-11(20)8-19-12(21)15(18-13(19)22)4-6-23-7-5-15/h10H,4-8H2,1-3H3,(H,17,20)(H,18,22)/t14-/m1/s1. The smallest absolute Gasteiger partial charge is 0.325 e. The molecular formula is C15H22N4O3S. The number of nitriles is 1. The number of hydrogen-bond acceptors (Lipinski definition) is 5. The molecular weight excluding hydrogens is 316 g/mol. The first-order valence-corrected chi connectivity index (χ1v) is 8.84. The van der Waals surface area contributed by atoms with Gasteiger partial charge in [0.05, 0.1) is 6.07 Å². The van der Waals surface area contributed by atoms with Crippen molar-refractivity contribution in [2.24, 2.45) is 5.92 Å². The molecule has 0 bridgehead atoms. The zero-order valence-electron chi connectivity index (χ0n) is 13.6. The molecule has 0 aromatic heterocycles. The Hall–Kier alpha value is -1.75. The van der Waals surface area contributed by atoms with Crippen LogP contribution in [0.4, 0.5) is 4.79 Å². The van der Waals surface area contributed by atoms with Gasteiger partial charge in [-0.05, 0) is 37.2 Å². The van der Waals surface area contributed by atoms with Crippen LogP contribution >= 0.6 is 11.8 Å². The summed E-state index contributed by atoms with van der Waals surface area (Å²) in [5.41, 5.74) is -1.88. The Morgan fingerprint density at radius 2 is 2.09 bits per heavy atom. The fourth-order valence-electron chi connectivity index (χ4n) is 2.65. The SMILES string of the molecule is CC(C)[C@@](C)(C#N)NC(=O)CN1C(=O)NC2(CCSCC2)C1=O. The van der Waals surface area contributed by atoms with Crippen LogP contribution in [0.25, 0.3) is 0 Å². The van der Waals surface area contributed by atoms with E-state index in [9.17, 15) is 19.6 Å². The number of imide groups is 1. The maximum atomic E-state index is 12.6. The Morgan fingerprint density at radius 3 is 2.61 bits per heavy atom. The predicted molar refractivity (Wildman–Crippen MR) is 86.5 cm³/mol. The molecule has 0 radical (unpaired) electrons. The molecule has 2 rings (SSSR count). The lowest BCUT2D eigenvalue weighted by molar-refractivity contribution is -0.135. The van der Waals surface area contributed by atoms with Crippen LogP contribution in [0.3, 0.4) is 0 Å². The quantitative estimate of drug-likeness (QED) is 0.740. The highest BCUT2D eigenvalue weighted by Gasteiger charge is 2.52. The molecule has 0 aromatic carbocycles. The molecule has 0 aliphatic carbocycles.